The van der Waals surface area contributed by atoms with E-state index in [1.807, 2.05) is 6.92 Å². The molecule has 0 bridgehead atoms. The largest absolute Gasteiger partial charge is 0.319 e. The van der Waals surface area contributed by atoms with E-state index in [9.17, 15) is 18.0 Å². The first-order chi connectivity index (χ1) is 9.02. The fraction of sp³-hybridized carbons (Fsp3) is 0.167. The highest BCUT2D eigenvalue weighted by atomic mass is 32.1. The minimum Gasteiger partial charge on any atom is -0.319 e. The van der Waals surface area contributed by atoms with Gasteiger partial charge in [0.25, 0.3) is 5.91 Å². The molecule has 2 aromatic rings. The van der Waals surface area contributed by atoms with Crippen LogP contribution in [0.3, 0.4) is 0 Å². The van der Waals surface area contributed by atoms with Crippen LogP contribution in [0, 0.1) is 17.5 Å². The zero-order chi connectivity index (χ0) is 14.0. The Kier molecular flexibility index (Phi) is 3.84. The van der Waals surface area contributed by atoms with Crippen LogP contribution in [0.2, 0.25) is 0 Å². The van der Waals surface area contributed by atoms with E-state index in [1.165, 1.54) is 6.20 Å². The highest BCUT2D eigenvalue weighted by molar-refractivity contribution is 7.13. The Hall–Kier alpha value is -1.89. The summed E-state index contributed by atoms with van der Waals surface area (Å²) < 4.78 is 39.1. The number of hydrogen-bond donors (Lipinski definition) is 1. The van der Waals surface area contributed by atoms with Crippen molar-refractivity contribution in [3.05, 3.63) is 45.7 Å². The third kappa shape index (κ3) is 2.76. The molecule has 0 aliphatic carbocycles. The van der Waals surface area contributed by atoms with E-state index < -0.39 is 29.0 Å². The first kappa shape index (κ1) is 13.5. The van der Waals surface area contributed by atoms with Crippen molar-refractivity contribution in [3.8, 4) is 0 Å². The molecule has 1 aromatic carbocycles. The Balaban J connectivity index is 2.21. The molecular formula is C12H9F3N2OS. The second-order valence-electron chi connectivity index (χ2n) is 3.65. The minimum absolute atomic E-state index is 0.279. The standard InChI is InChI=1S/C12H9F3N2OS/c1-2-9-16-5-8(19-9)12(18)17-7-4-3-6(13)10(14)11(7)15/h3-5H,2H2,1H3,(H,17,18). The van der Waals surface area contributed by atoms with Crippen LogP contribution in [0.4, 0.5) is 18.9 Å². The van der Waals surface area contributed by atoms with Gasteiger partial charge in [0.15, 0.2) is 17.5 Å². The molecular weight excluding hydrogens is 277 g/mol. The highest BCUT2D eigenvalue weighted by Gasteiger charge is 2.17. The molecule has 1 N–H and O–H groups in total. The van der Waals surface area contributed by atoms with E-state index in [-0.39, 0.29) is 4.88 Å². The molecule has 1 amide bonds. The maximum absolute atomic E-state index is 13.4. The number of aryl methyl sites for hydroxylation is 1. The molecule has 1 aromatic heterocycles. The number of benzene rings is 1. The van der Waals surface area contributed by atoms with Crippen molar-refractivity contribution in [3.63, 3.8) is 0 Å². The monoisotopic (exact) mass is 286 g/mol. The molecule has 0 aliphatic rings. The van der Waals surface area contributed by atoms with Crippen molar-refractivity contribution in [2.75, 3.05) is 5.32 Å². The van der Waals surface area contributed by atoms with Crippen LogP contribution in [0.15, 0.2) is 18.3 Å². The minimum atomic E-state index is -1.61. The Morgan fingerprint density at radius 3 is 2.68 bits per heavy atom. The Labute approximate surface area is 111 Å². The van der Waals surface area contributed by atoms with Crippen LogP contribution < -0.4 is 5.32 Å². The summed E-state index contributed by atoms with van der Waals surface area (Å²) in [6.07, 6.45) is 2.04. The van der Waals surface area contributed by atoms with Gasteiger partial charge in [0.1, 0.15) is 4.88 Å². The lowest BCUT2D eigenvalue weighted by Gasteiger charge is -2.05. The summed E-state index contributed by atoms with van der Waals surface area (Å²) in [4.78, 5) is 16.0. The normalized spacial score (nSPS) is 10.5. The SMILES string of the molecule is CCc1ncc(C(=O)Nc2ccc(F)c(F)c2F)s1. The summed E-state index contributed by atoms with van der Waals surface area (Å²) in [5.74, 6) is -4.95. The number of halogens is 3. The average molecular weight is 286 g/mol. The number of nitrogens with zero attached hydrogens (tertiary/aromatic N) is 1. The number of hydrogen-bond acceptors (Lipinski definition) is 3. The molecule has 0 fully saturated rings. The quantitative estimate of drug-likeness (QED) is 0.879. The molecule has 0 spiro atoms. The number of carbonyl (C=O) groups is 1. The van der Waals surface area contributed by atoms with Crippen LogP contribution in [0.25, 0.3) is 0 Å². The Bertz CT molecular complexity index is 627. The van der Waals surface area contributed by atoms with E-state index in [4.69, 9.17) is 0 Å². The summed E-state index contributed by atoms with van der Waals surface area (Å²) in [5, 5.41) is 2.94. The lowest BCUT2D eigenvalue weighted by Crippen LogP contribution is -2.12. The summed E-state index contributed by atoms with van der Waals surface area (Å²) in [5.41, 5.74) is -0.407. The summed E-state index contributed by atoms with van der Waals surface area (Å²) in [7, 11) is 0. The van der Waals surface area contributed by atoms with Gasteiger partial charge in [0.2, 0.25) is 0 Å². The number of rotatable bonds is 3. The molecule has 7 heteroatoms. The molecule has 3 nitrogen and oxygen atoms in total. The zero-order valence-corrected chi connectivity index (χ0v) is 10.7. The number of thiazole rings is 1. The van der Waals surface area contributed by atoms with E-state index >= 15 is 0 Å². The summed E-state index contributed by atoms with van der Waals surface area (Å²) >= 11 is 1.16. The molecule has 0 atom stereocenters. The number of amides is 1. The molecule has 0 saturated heterocycles. The van der Waals surface area contributed by atoms with E-state index in [2.05, 4.69) is 10.3 Å². The third-order valence-electron chi connectivity index (χ3n) is 2.36. The van der Waals surface area contributed by atoms with Crippen molar-refractivity contribution in [2.45, 2.75) is 13.3 Å². The second-order valence-corrected chi connectivity index (χ2v) is 4.76. The van der Waals surface area contributed by atoms with Crippen molar-refractivity contribution in [2.24, 2.45) is 0 Å². The molecule has 0 aliphatic heterocycles. The lowest BCUT2D eigenvalue weighted by atomic mass is 10.2. The number of carbonyl (C=O) groups excluding carboxylic acids is 1. The number of anilines is 1. The predicted molar refractivity (Wildman–Crippen MR) is 65.8 cm³/mol. The predicted octanol–water partition coefficient (Wildman–Crippen LogP) is 3.38. The van der Waals surface area contributed by atoms with Gasteiger partial charge in [0, 0.05) is 0 Å². The molecule has 0 saturated carbocycles. The maximum Gasteiger partial charge on any atom is 0.267 e. The van der Waals surface area contributed by atoms with E-state index in [1.54, 1.807) is 0 Å². The number of aromatic nitrogens is 1. The maximum atomic E-state index is 13.4. The first-order valence-electron chi connectivity index (χ1n) is 5.42. The van der Waals surface area contributed by atoms with Gasteiger partial charge in [-0.15, -0.1) is 11.3 Å². The molecule has 2 rings (SSSR count). The fourth-order valence-corrected chi connectivity index (χ4v) is 2.14. The Morgan fingerprint density at radius 1 is 1.32 bits per heavy atom. The fourth-order valence-electron chi connectivity index (χ4n) is 1.39. The van der Waals surface area contributed by atoms with Crippen molar-refractivity contribution < 1.29 is 18.0 Å². The summed E-state index contributed by atoms with van der Waals surface area (Å²) in [6.45, 7) is 1.88. The smallest absolute Gasteiger partial charge is 0.267 e. The molecule has 100 valence electrons. The van der Waals surface area contributed by atoms with Gasteiger partial charge in [-0.25, -0.2) is 18.2 Å². The lowest BCUT2D eigenvalue weighted by molar-refractivity contribution is 0.102. The van der Waals surface area contributed by atoms with Crippen molar-refractivity contribution in [1.82, 2.24) is 4.98 Å². The summed E-state index contributed by atoms with van der Waals surface area (Å²) in [6, 6.07) is 1.71. The average Bonchev–Trinajstić information content (AvgIpc) is 2.88. The van der Waals surface area contributed by atoms with Gasteiger partial charge in [-0.1, -0.05) is 6.92 Å². The van der Waals surface area contributed by atoms with Crippen LogP contribution >= 0.6 is 11.3 Å². The number of nitrogens with one attached hydrogen (secondary N) is 1. The van der Waals surface area contributed by atoms with Crippen LogP contribution in [-0.2, 0) is 6.42 Å². The van der Waals surface area contributed by atoms with Crippen LogP contribution in [-0.4, -0.2) is 10.9 Å². The third-order valence-corrected chi connectivity index (χ3v) is 3.50. The molecule has 1 heterocycles. The van der Waals surface area contributed by atoms with Gasteiger partial charge < -0.3 is 5.32 Å². The first-order valence-corrected chi connectivity index (χ1v) is 6.24. The van der Waals surface area contributed by atoms with Crippen LogP contribution in [0.5, 0.6) is 0 Å². The van der Waals surface area contributed by atoms with Crippen LogP contribution in [0.1, 0.15) is 21.6 Å². The topological polar surface area (TPSA) is 42.0 Å². The molecule has 19 heavy (non-hydrogen) atoms. The Morgan fingerprint density at radius 2 is 2.05 bits per heavy atom. The van der Waals surface area contributed by atoms with Gasteiger partial charge in [-0.2, -0.15) is 0 Å². The van der Waals surface area contributed by atoms with Crippen molar-refractivity contribution in [1.29, 1.82) is 0 Å². The molecule has 0 radical (unpaired) electrons. The van der Waals surface area contributed by atoms with Gasteiger partial charge in [-0.3, -0.25) is 4.79 Å². The second kappa shape index (κ2) is 5.40. The van der Waals surface area contributed by atoms with Gasteiger partial charge in [0.05, 0.1) is 16.9 Å². The highest BCUT2D eigenvalue weighted by Crippen LogP contribution is 2.21. The zero-order valence-electron chi connectivity index (χ0n) is 9.84. The van der Waals surface area contributed by atoms with E-state index in [0.717, 1.165) is 28.5 Å². The van der Waals surface area contributed by atoms with Gasteiger partial charge in [-0.05, 0) is 18.6 Å². The molecule has 0 unspecified atom stereocenters. The van der Waals surface area contributed by atoms with E-state index in [0.29, 0.717) is 6.42 Å². The van der Waals surface area contributed by atoms with Gasteiger partial charge >= 0.3 is 0 Å². The van der Waals surface area contributed by atoms with Crippen molar-refractivity contribution >= 4 is 22.9 Å².